The van der Waals surface area contributed by atoms with Crippen molar-refractivity contribution in [3.63, 3.8) is 0 Å². The van der Waals surface area contributed by atoms with Gasteiger partial charge in [-0.3, -0.25) is 5.41 Å². The summed E-state index contributed by atoms with van der Waals surface area (Å²) < 4.78 is 0. The van der Waals surface area contributed by atoms with Gasteiger partial charge in [-0.2, -0.15) is 0 Å². The van der Waals surface area contributed by atoms with Crippen LogP contribution in [0.5, 0.6) is 0 Å². The zero-order chi connectivity index (χ0) is 51.6. The van der Waals surface area contributed by atoms with Gasteiger partial charge in [-0.1, -0.05) is 258 Å². The summed E-state index contributed by atoms with van der Waals surface area (Å²) in [5, 5.41) is 15.8. The van der Waals surface area contributed by atoms with Gasteiger partial charge in [0.05, 0.1) is 5.71 Å². The lowest BCUT2D eigenvalue weighted by Crippen LogP contribution is -2.31. The Bertz CT molecular complexity index is 1380. The molecule has 2 N–H and O–H groups in total. The average molecular weight is 934 g/mol. The molecule has 2 rings (SSSR count). The SMILES string of the molecule is CC(C)(C)C(=N)C(C)(C)C.CCCCCCC(C)=O.CCCCCCCC=O.CCCCCCCCCC(C)=O.CCCCCCCCCCC(C)=O.N=C(c1ccccc1)c1ccccc1. The topological polar surface area (TPSA) is 116 Å². The number of Topliss-reactive ketones (excluding diaryl/α,β-unsaturated/α-hetero) is 3. The van der Waals surface area contributed by atoms with Gasteiger partial charge in [-0.15, -0.1) is 0 Å². The number of aldehydes is 1. The van der Waals surface area contributed by atoms with Crippen molar-refractivity contribution in [2.75, 3.05) is 0 Å². The minimum atomic E-state index is 0.0260. The van der Waals surface area contributed by atoms with Gasteiger partial charge in [0.15, 0.2) is 0 Å². The highest BCUT2D eigenvalue weighted by Crippen LogP contribution is 2.28. The Hall–Kier alpha value is -3.54. The van der Waals surface area contributed by atoms with Crippen LogP contribution < -0.4 is 0 Å². The monoisotopic (exact) mass is 933 g/mol. The summed E-state index contributed by atoms with van der Waals surface area (Å²) in [6, 6.07) is 19.5. The van der Waals surface area contributed by atoms with Crippen LogP contribution in [-0.2, 0) is 19.2 Å². The molecule has 0 saturated heterocycles. The number of carbonyl (C=O) groups excluding carboxylic acids is 4. The zero-order valence-electron chi connectivity index (χ0n) is 46.3. The van der Waals surface area contributed by atoms with E-state index in [9.17, 15) is 19.2 Å². The fourth-order valence-corrected chi connectivity index (χ4v) is 6.97. The number of benzene rings is 2. The molecule has 386 valence electrons. The van der Waals surface area contributed by atoms with Gasteiger partial charge in [0.2, 0.25) is 0 Å². The second-order valence-corrected chi connectivity index (χ2v) is 20.4. The van der Waals surface area contributed by atoms with Gasteiger partial charge in [-0.05, 0) is 57.6 Å². The Morgan fingerprint density at radius 1 is 0.403 bits per heavy atom. The van der Waals surface area contributed by atoms with Crippen LogP contribution in [0.4, 0.5) is 0 Å². The van der Waals surface area contributed by atoms with Gasteiger partial charge in [0.25, 0.3) is 0 Å². The van der Waals surface area contributed by atoms with E-state index >= 15 is 0 Å². The Kier molecular flexibility index (Phi) is 52.6. The predicted octanol–water partition coefficient (Wildman–Crippen LogP) is 19.1. The van der Waals surface area contributed by atoms with Crippen molar-refractivity contribution in [3.05, 3.63) is 71.8 Å². The summed E-state index contributed by atoms with van der Waals surface area (Å²) in [5.74, 6) is 1.00. The first kappa shape index (κ1) is 70.0. The summed E-state index contributed by atoms with van der Waals surface area (Å²) in [6.45, 7) is 26.4. The van der Waals surface area contributed by atoms with Crippen LogP contribution in [0.2, 0.25) is 0 Å². The van der Waals surface area contributed by atoms with Crippen molar-refractivity contribution >= 4 is 35.1 Å². The molecule has 0 spiro atoms. The standard InChI is InChI=1S/C13H11N.C12H24O.C11H22O.C9H19N.2C8H16O/c14-13(11-7-3-1-4-8-11)12-9-5-2-6-10-12;1-3-4-5-6-7-8-9-10-11-12(2)13;1-3-4-5-6-7-8-9-10-11(2)12;1-8(2,3)7(10)9(4,5)6;1-3-4-5-6-7-8(2)9;1-2-3-4-5-6-7-8-9/h1-10,14H;3-11H2,1-2H3;3-10H2,1-2H3;10H,1-6H3;3-7H2,1-2H3;8H,2-7H2,1H3. The number of unbranched alkanes of at least 4 members (excludes halogenated alkanes) is 21. The molecule has 0 aliphatic rings. The van der Waals surface area contributed by atoms with Crippen molar-refractivity contribution in [1.82, 2.24) is 0 Å². The quantitative estimate of drug-likeness (QED) is 0.0461. The van der Waals surface area contributed by atoms with Crippen LogP contribution >= 0.6 is 0 Å². The van der Waals surface area contributed by atoms with Crippen LogP contribution in [0.1, 0.15) is 281 Å². The van der Waals surface area contributed by atoms with E-state index in [1.165, 1.54) is 128 Å². The molecule has 0 bridgehead atoms. The first-order valence-corrected chi connectivity index (χ1v) is 27.0. The number of rotatable bonds is 30. The second kappa shape index (κ2) is 50.3. The Balaban J connectivity index is -0.000000359. The lowest BCUT2D eigenvalue weighted by atomic mass is 9.75. The Morgan fingerprint density at radius 3 is 0.866 bits per heavy atom. The molecule has 0 atom stereocenters. The maximum absolute atomic E-state index is 10.6. The van der Waals surface area contributed by atoms with E-state index in [1.807, 2.05) is 60.7 Å². The van der Waals surface area contributed by atoms with E-state index in [4.69, 9.17) is 10.8 Å². The number of carbonyl (C=O) groups is 4. The van der Waals surface area contributed by atoms with E-state index < -0.39 is 0 Å². The molecule has 6 nitrogen and oxygen atoms in total. The van der Waals surface area contributed by atoms with Crippen molar-refractivity contribution in [1.29, 1.82) is 10.8 Å². The highest BCUT2D eigenvalue weighted by molar-refractivity contribution is 6.10. The molecular weight excluding hydrogens is 825 g/mol. The van der Waals surface area contributed by atoms with E-state index in [0.29, 0.717) is 23.1 Å². The van der Waals surface area contributed by atoms with Gasteiger partial charge < -0.3 is 24.6 Å². The number of ketones is 3. The molecule has 0 heterocycles. The fraction of sp³-hybridized carbons (Fsp3) is 0.705. The summed E-state index contributed by atoms with van der Waals surface area (Å²) in [7, 11) is 0. The van der Waals surface area contributed by atoms with Gasteiger partial charge >= 0.3 is 0 Å². The predicted molar refractivity (Wildman–Crippen MR) is 296 cm³/mol. The van der Waals surface area contributed by atoms with Crippen molar-refractivity contribution < 1.29 is 19.2 Å². The summed E-state index contributed by atoms with van der Waals surface area (Å²) >= 11 is 0. The lowest BCUT2D eigenvalue weighted by Gasteiger charge is -2.30. The third-order valence-corrected chi connectivity index (χ3v) is 10.9. The number of hydrogen-bond donors (Lipinski definition) is 2. The van der Waals surface area contributed by atoms with E-state index in [1.54, 1.807) is 20.8 Å². The van der Waals surface area contributed by atoms with Crippen molar-refractivity contribution in [2.24, 2.45) is 10.8 Å². The molecule has 0 radical (unpaired) electrons. The molecule has 0 aliphatic heterocycles. The number of nitrogens with one attached hydrogen (secondary N) is 2. The average Bonchev–Trinajstić information content (AvgIpc) is 3.29. The van der Waals surface area contributed by atoms with Crippen LogP contribution in [0, 0.1) is 21.6 Å². The maximum Gasteiger partial charge on any atom is 0.129 e. The minimum absolute atomic E-state index is 0.0260. The van der Waals surface area contributed by atoms with Crippen LogP contribution in [-0.4, -0.2) is 35.1 Å². The minimum Gasteiger partial charge on any atom is -0.309 e. The Morgan fingerprint density at radius 2 is 0.642 bits per heavy atom. The molecule has 0 fully saturated rings. The molecule has 2 aromatic rings. The third-order valence-electron chi connectivity index (χ3n) is 10.9. The molecule has 0 aromatic heterocycles. The molecular formula is C61H108N2O4. The fourth-order valence-electron chi connectivity index (χ4n) is 6.97. The summed E-state index contributed by atoms with van der Waals surface area (Å²) in [6.07, 6.45) is 34.7. The molecule has 0 saturated carbocycles. The zero-order valence-corrected chi connectivity index (χ0v) is 46.3. The first-order chi connectivity index (χ1) is 31.8. The van der Waals surface area contributed by atoms with Gasteiger partial charge in [0.1, 0.15) is 23.6 Å². The molecule has 0 aliphatic carbocycles. The summed E-state index contributed by atoms with van der Waals surface area (Å²) in [5.41, 5.74) is 3.36. The third kappa shape index (κ3) is 56.7. The highest BCUT2D eigenvalue weighted by Gasteiger charge is 2.27. The van der Waals surface area contributed by atoms with E-state index in [-0.39, 0.29) is 10.8 Å². The molecule has 6 heteroatoms. The first-order valence-electron chi connectivity index (χ1n) is 27.0. The van der Waals surface area contributed by atoms with Crippen LogP contribution in [0.15, 0.2) is 60.7 Å². The molecule has 67 heavy (non-hydrogen) atoms. The maximum atomic E-state index is 10.6. The summed E-state index contributed by atoms with van der Waals surface area (Å²) in [4.78, 5) is 41.4. The van der Waals surface area contributed by atoms with E-state index in [0.717, 1.165) is 74.5 Å². The van der Waals surface area contributed by atoms with Gasteiger partial charge in [-0.25, -0.2) is 0 Å². The van der Waals surface area contributed by atoms with Gasteiger partial charge in [0, 0.05) is 42.2 Å². The highest BCUT2D eigenvalue weighted by atomic mass is 16.1. The lowest BCUT2D eigenvalue weighted by molar-refractivity contribution is -0.117. The molecule has 0 amide bonds. The molecule has 2 aromatic carbocycles. The van der Waals surface area contributed by atoms with Crippen molar-refractivity contribution in [3.8, 4) is 0 Å². The Labute approximate surface area is 415 Å². The van der Waals surface area contributed by atoms with Crippen LogP contribution in [0.3, 0.4) is 0 Å². The normalized spacial score (nSPS) is 10.4. The van der Waals surface area contributed by atoms with Crippen molar-refractivity contribution in [2.45, 2.75) is 270 Å². The number of hydrogen-bond acceptors (Lipinski definition) is 6. The smallest absolute Gasteiger partial charge is 0.129 e. The van der Waals surface area contributed by atoms with Crippen LogP contribution in [0.25, 0.3) is 0 Å². The van der Waals surface area contributed by atoms with E-state index in [2.05, 4.69) is 69.2 Å². The largest absolute Gasteiger partial charge is 0.309 e. The second-order valence-electron chi connectivity index (χ2n) is 20.4. The molecule has 0 unspecified atom stereocenters.